The molecular formula is C11H14ClF2NO2. The summed E-state index contributed by atoms with van der Waals surface area (Å²) in [4.78, 5) is 0. The van der Waals surface area contributed by atoms with E-state index in [1.165, 1.54) is 6.07 Å². The van der Waals surface area contributed by atoms with Crippen LogP contribution in [0.25, 0.3) is 0 Å². The summed E-state index contributed by atoms with van der Waals surface area (Å²) in [6.07, 6.45) is 0.686. The number of benzene rings is 1. The molecular weight excluding hydrogens is 252 g/mol. The molecule has 1 atom stereocenters. The fourth-order valence-corrected chi connectivity index (χ4v) is 1.79. The highest BCUT2D eigenvalue weighted by Gasteiger charge is 2.32. The summed E-state index contributed by atoms with van der Waals surface area (Å²) in [5.41, 5.74) is 6.30. The molecule has 1 aromatic rings. The number of hydrogen-bond acceptors (Lipinski definition) is 3. The molecule has 2 N–H and O–H groups in total. The van der Waals surface area contributed by atoms with Crippen molar-refractivity contribution in [1.82, 2.24) is 0 Å². The molecule has 1 fully saturated rings. The van der Waals surface area contributed by atoms with Gasteiger partial charge in [-0.15, -0.1) is 12.4 Å². The van der Waals surface area contributed by atoms with Crippen LogP contribution in [0.15, 0.2) is 24.3 Å². The Labute approximate surface area is 104 Å². The molecule has 1 aromatic carbocycles. The van der Waals surface area contributed by atoms with E-state index in [-0.39, 0.29) is 18.2 Å². The van der Waals surface area contributed by atoms with E-state index in [0.29, 0.717) is 19.6 Å². The summed E-state index contributed by atoms with van der Waals surface area (Å²) in [7, 11) is 0. The van der Waals surface area contributed by atoms with Crippen molar-refractivity contribution < 1.29 is 18.3 Å². The molecule has 96 valence electrons. The van der Waals surface area contributed by atoms with Gasteiger partial charge in [-0.1, -0.05) is 12.1 Å². The molecule has 3 nitrogen and oxygen atoms in total. The van der Waals surface area contributed by atoms with Gasteiger partial charge in [-0.2, -0.15) is 8.78 Å². The van der Waals surface area contributed by atoms with Gasteiger partial charge in [-0.25, -0.2) is 0 Å². The van der Waals surface area contributed by atoms with Crippen LogP contribution in [0.3, 0.4) is 0 Å². The molecule has 0 aliphatic carbocycles. The standard InChI is InChI=1S/C11H13F2NO2.ClH/c12-10(13)16-9-3-1-2-8(6-9)11(14)4-5-15-7-11;/h1-3,6,10H,4-5,7,14H2;1H. The second-order valence-corrected chi connectivity index (χ2v) is 3.87. The van der Waals surface area contributed by atoms with E-state index in [1.807, 2.05) is 0 Å². The first kappa shape index (κ1) is 14.2. The minimum Gasteiger partial charge on any atom is -0.435 e. The molecule has 2 rings (SSSR count). The van der Waals surface area contributed by atoms with E-state index in [1.54, 1.807) is 18.2 Å². The van der Waals surface area contributed by atoms with Gasteiger partial charge in [-0.3, -0.25) is 0 Å². The minimum atomic E-state index is -2.82. The van der Waals surface area contributed by atoms with Crippen molar-refractivity contribution >= 4 is 12.4 Å². The molecule has 17 heavy (non-hydrogen) atoms. The van der Waals surface area contributed by atoms with Gasteiger partial charge >= 0.3 is 6.61 Å². The lowest BCUT2D eigenvalue weighted by atomic mass is 9.90. The van der Waals surface area contributed by atoms with Crippen molar-refractivity contribution in [1.29, 1.82) is 0 Å². The summed E-state index contributed by atoms with van der Waals surface area (Å²) in [5.74, 6) is 0.129. The molecule has 0 aromatic heterocycles. The van der Waals surface area contributed by atoms with Crippen molar-refractivity contribution in [3.8, 4) is 5.75 Å². The van der Waals surface area contributed by atoms with E-state index in [0.717, 1.165) is 5.56 Å². The number of rotatable bonds is 3. The molecule has 6 heteroatoms. The van der Waals surface area contributed by atoms with Crippen LogP contribution in [0.4, 0.5) is 8.78 Å². The molecule has 0 amide bonds. The second kappa shape index (κ2) is 5.62. The monoisotopic (exact) mass is 265 g/mol. The van der Waals surface area contributed by atoms with Crippen molar-refractivity contribution in [3.05, 3.63) is 29.8 Å². The van der Waals surface area contributed by atoms with Gasteiger partial charge in [0.2, 0.25) is 0 Å². The summed E-state index contributed by atoms with van der Waals surface area (Å²) in [5, 5.41) is 0. The van der Waals surface area contributed by atoms with Crippen LogP contribution in [0.1, 0.15) is 12.0 Å². The minimum absolute atomic E-state index is 0. The first-order chi connectivity index (χ1) is 7.60. The highest BCUT2D eigenvalue weighted by Crippen LogP contribution is 2.30. The molecule has 1 saturated heterocycles. The number of alkyl halides is 2. The second-order valence-electron chi connectivity index (χ2n) is 3.87. The summed E-state index contributed by atoms with van der Waals surface area (Å²) < 4.78 is 33.6. The van der Waals surface area contributed by atoms with Crippen LogP contribution in [0.5, 0.6) is 5.75 Å². The first-order valence-corrected chi connectivity index (χ1v) is 5.02. The van der Waals surface area contributed by atoms with Crippen LogP contribution < -0.4 is 10.5 Å². The van der Waals surface area contributed by atoms with Gasteiger partial charge in [0.25, 0.3) is 0 Å². The predicted octanol–water partition coefficient (Wildman–Crippen LogP) is 2.28. The molecule has 0 spiro atoms. The summed E-state index contributed by atoms with van der Waals surface area (Å²) in [6.45, 7) is -1.81. The molecule has 1 aliphatic rings. The lowest BCUT2D eigenvalue weighted by Gasteiger charge is -2.22. The topological polar surface area (TPSA) is 44.5 Å². The average Bonchev–Trinajstić information content (AvgIpc) is 2.66. The van der Waals surface area contributed by atoms with Crippen molar-refractivity contribution in [2.45, 2.75) is 18.6 Å². The zero-order chi connectivity index (χ0) is 11.6. The Hall–Kier alpha value is -0.910. The van der Waals surface area contributed by atoms with E-state index in [4.69, 9.17) is 10.5 Å². The number of halogens is 3. The number of ether oxygens (including phenoxy) is 2. The zero-order valence-corrected chi connectivity index (χ0v) is 9.88. The number of nitrogens with two attached hydrogens (primary N) is 1. The highest BCUT2D eigenvalue weighted by molar-refractivity contribution is 5.85. The quantitative estimate of drug-likeness (QED) is 0.912. The Morgan fingerprint density at radius 3 is 2.76 bits per heavy atom. The van der Waals surface area contributed by atoms with Crippen molar-refractivity contribution in [3.63, 3.8) is 0 Å². The Morgan fingerprint density at radius 2 is 2.18 bits per heavy atom. The van der Waals surface area contributed by atoms with Gasteiger partial charge < -0.3 is 15.2 Å². The fourth-order valence-electron chi connectivity index (χ4n) is 1.79. The zero-order valence-electron chi connectivity index (χ0n) is 9.07. The van der Waals surface area contributed by atoms with E-state index >= 15 is 0 Å². The Kier molecular flexibility index (Phi) is 4.68. The van der Waals surface area contributed by atoms with E-state index in [9.17, 15) is 8.78 Å². The largest absolute Gasteiger partial charge is 0.435 e. The van der Waals surface area contributed by atoms with Crippen LogP contribution in [-0.4, -0.2) is 19.8 Å². The van der Waals surface area contributed by atoms with Gasteiger partial charge in [0.1, 0.15) is 5.75 Å². The van der Waals surface area contributed by atoms with Gasteiger partial charge in [-0.05, 0) is 24.1 Å². The van der Waals surface area contributed by atoms with Crippen LogP contribution in [0, 0.1) is 0 Å². The van der Waals surface area contributed by atoms with Crippen LogP contribution >= 0.6 is 12.4 Å². The predicted molar refractivity (Wildman–Crippen MR) is 61.6 cm³/mol. The lowest BCUT2D eigenvalue weighted by molar-refractivity contribution is -0.0499. The van der Waals surface area contributed by atoms with Gasteiger partial charge in [0.05, 0.1) is 12.1 Å². The fraction of sp³-hybridized carbons (Fsp3) is 0.455. The Balaban J connectivity index is 0.00000144. The molecule has 1 heterocycles. The first-order valence-electron chi connectivity index (χ1n) is 5.02. The lowest BCUT2D eigenvalue weighted by Crippen LogP contribution is -2.36. The maximum absolute atomic E-state index is 12.0. The third-order valence-corrected chi connectivity index (χ3v) is 2.69. The number of hydrogen-bond donors (Lipinski definition) is 1. The maximum Gasteiger partial charge on any atom is 0.387 e. The average molecular weight is 266 g/mol. The summed E-state index contributed by atoms with van der Waals surface area (Å²) >= 11 is 0. The van der Waals surface area contributed by atoms with Crippen molar-refractivity contribution in [2.75, 3.05) is 13.2 Å². The third kappa shape index (κ3) is 3.28. The van der Waals surface area contributed by atoms with Gasteiger partial charge in [0, 0.05) is 6.61 Å². The molecule has 0 bridgehead atoms. The molecule has 1 unspecified atom stereocenters. The highest BCUT2D eigenvalue weighted by atomic mass is 35.5. The van der Waals surface area contributed by atoms with E-state index in [2.05, 4.69) is 4.74 Å². The molecule has 0 saturated carbocycles. The SMILES string of the molecule is Cl.NC1(c2cccc(OC(F)F)c2)CCOC1. The van der Waals surface area contributed by atoms with Crippen LogP contribution in [0.2, 0.25) is 0 Å². The molecule has 1 aliphatic heterocycles. The van der Waals surface area contributed by atoms with Gasteiger partial charge in [0.15, 0.2) is 0 Å². The van der Waals surface area contributed by atoms with Crippen molar-refractivity contribution in [2.24, 2.45) is 5.73 Å². The van der Waals surface area contributed by atoms with E-state index < -0.39 is 12.2 Å². The molecule has 0 radical (unpaired) electrons. The smallest absolute Gasteiger partial charge is 0.387 e. The van der Waals surface area contributed by atoms with Crippen LogP contribution in [-0.2, 0) is 10.3 Å². The Bertz CT molecular complexity index is 370. The maximum atomic E-state index is 12.0. The Morgan fingerprint density at radius 1 is 1.41 bits per heavy atom. The normalized spacial score (nSPS) is 23.5. The summed E-state index contributed by atoms with van der Waals surface area (Å²) in [6, 6.07) is 6.47. The third-order valence-electron chi connectivity index (χ3n) is 2.69.